The molecule has 0 aliphatic heterocycles. The first-order valence-electron chi connectivity index (χ1n) is 9.67. The highest BCUT2D eigenvalue weighted by atomic mass is 16.3. The maximum absolute atomic E-state index is 12.1. The van der Waals surface area contributed by atoms with E-state index in [9.17, 15) is 5.11 Å². The van der Waals surface area contributed by atoms with Crippen LogP contribution in [0.25, 0.3) is 0 Å². The first kappa shape index (κ1) is 15.7. The molecule has 4 aliphatic carbocycles. The van der Waals surface area contributed by atoms with Crippen molar-refractivity contribution in [2.45, 2.75) is 71.3 Å². The van der Waals surface area contributed by atoms with Gasteiger partial charge in [0.2, 0.25) is 0 Å². The summed E-state index contributed by atoms with van der Waals surface area (Å²) in [5.41, 5.74) is 3.48. The summed E-state index contributed by atoms with van der Waals surface area (Å²) in [4.78, 5) is 0. The van der Waals surface area contributed by atoms with E-state index in [4.69, 9.17) is 0 Å². The Labute approximate surface area is 141 Å². The van der Waals surface area contributed by atoms with Crippen molar-refractivity contribution >= 4 is 0 Å². The Kier molecular flexibility index (Phi) is 3.65. The Hall–Kier alpha value is -0.820. The highest BCUT2D eigenvalue weighted by Crippen LogP contribution is 2.64. The molecule has 2 saturated carbocycles. The molecule has 0 amide bonds. The van der Waals surface area contributed by atoms with Crippen LogP contribution in [0.3, 0.4) is 0 Å². The van der Waals surface area contributed by atoms with Crippen LogP contribution in [0.15, 0.2) is 36.0 Å². The Morgan fingerprint density at radius 3 is 2.83 bits per heavy atom. The maximum Gasteiger partial charge on any atom is 0.132 e. The van der Waals surface area contributed by atoms with Gasteiger partial charge in [-0.25, -0.2) is 5.11 Å². The van der Waals surface area contributed by atoms with Crippen LogP contribution < -0.4 is 0 Å². The molecule has 1 radical (unpaired) electrons. The third-order valence-electron chi connectivity index (χ3n) is 8.16. The van der Waals surface area contributed by atoms with Gasteiger partial charge in [-0.2, -0.15) is 0 Å². The molecule has 0 saturated heterocycles. The van der Waals surface area contributed by atoms with Gasteiger partial charge in [0.05, 0.1) is 0 Å². The minimum atomic E-state index is -0.706. The Bertz CT molecular complexity index is 571. The molecule has 0 spiro atoms. The minimum absolute atomic E-state index is 0.317. The third kappa shape index (κ3) is 2.22. The van der Waals surface area contributed by atoms with E-state index in [1.807, 2.05) is 0 Å². The van der Waals surface area contributed by atoms with E-state index >= 15 is 0 Å². The maximum atomic E-state index is 12.1. The number of fused-ring (bicyclic) bond motifs is 5. The van der Waals surface area contributed by atoms with Crippen LogP contribution in [0.1, 0.15) is 65.2 Å². The first-order chi connectivity index (χ1) is 11.0. The molecule has 1 heteroatoms. The lowest BCUT2D eigenvalue weighted by Crippen LogP contribution is -2.48. The van der Waals surface area contributed by atoms with Crippen molar-refractivity contribution in [3.63, 3.8) is 0 Å². The molecule has 4 aliphatic rings. The largest absolute Gasteiger partial charge is 0.224 e. The van der Waals surface area contributed by atoms with Crippen LogP contribution in [-0.4, -0.2) is 6.10 Å². The van der Waals surface area contributed by atoms with Gasteiger partial charge in [-0.05, 0) is 84.7 Å². The van der Waals surface area contributed by atoms with Crippen molar-refractivity contribution in [1.82, 2.24) is 0 Å². The zero-order valence-electron chi connectivity index (χ0n) is 14.8. The van der Waals surface area contributed by atoms with Crippen molar-refractivity contribution in [2.24, 2.45) is 28.6 Å². The fraction of sp³-hybridized carbons (Fsp3) is 0.727. The number of hydrogen-bond acceptors (Lipinski definition) is 0. The molecule has 6 atom stereocenters. The number of hydrogen-bond donors (Lipinski definition) is 0. The lowest BCUT2D eigenvalue weighted by molar-refractivity contribution is -0.0191. The van der Waals surface area contributed by atoms with Crippen molar-refractivity contribution in [3.05, 3.63) is 36.0 Å². The predicted molar refractivity (Wildman–Crippen MR) is 94.5 cm³/mol. The van der Waals surface area contributed by atoms with E-state index in [1.165, 1.54) is 50.5 Å². The lowest BCUT2D eigenvalue weighted by Gasteiger charge is -2.56. The zero-order chi connectivity index (χ0) is 16.2. The minimum Gasteiger partial charge on any atom is -0.224 e. The third-order valence-corrected chi connectivity index (χ3v) is 8.16. The molecule has 125 valence electrons. The van der Waals surface area contributed by atoms with E-state index in [0.29, 0.717) is 10.8 Å². The predicted octanol–water partition coefficient (Wildman–Crippen LogP) is 5.86. The van der Waals surface area contributed by atoms with Crippen LogP contribution in [0.5, 0.6) is 0 Å². The van der Waals surface area contributed by atoms with Gasteiger partial charge >= 0.3 is 0 Å². The summed E-state index contributed by atoms with van der Waals surface area (Å²) in [5, 5.41) is 12.1. The molecule has 0 aromatic heterocycles. The van der Waals surface area contributed by atoms with E-state index in [-0.39, 0.29) is 0 Å². The zero-order valence-corrected chi connectivity index (χ0v) is 14.8. The van der Waals surface area contributed by atoms with Gasteiger partial charge in [0.1, 0.15) is 6.10 Å². The van der Waals surface area contributed by atoms with Crippen LogP contribution >= 0.6 is 0 Å². The van der Waals surface area contributed by atoms with Crippen molar-refractivity contribution in [2.75, 3.05) is 0 Å². The summed E-state index contributed by atoms with van der Waals surface area (Å²) in [6.07, 6.45) is 16.2. The first-order valence-corrected chi connectivity index (χ1v) is 9.67. The van der Waals surface area contributed by atoms with Crippen LogP contribution in [0, 0.1) is 28.6 Å². The smallest absolute Gasteiger partial charge is 0.132 e. The fourth-order valence-corrected chi connectivity index (χ4v) is 6.72. The molecule has 0 N–H and O–H groups in total. The van der Waals surface area contributed by atoms with Gasteiger partial charge in [0, 0.05) is 0 Å². The van der Waals surface area contributed by atoms with E-state index in [0.717, 1.165) is 29.7 Å². The molecule has 2 fully saturated rings. The van der Waals surface area contributed by atoms with Gasteiger partial charge in [-0.3, -0.25) is 0 Å². The quantitative estimate of drug-likeness (QED) is 0.569. The molecule has 3 unspecified atom stereocenters. The van der Waals surface area contributed by atoms with E-state index < -0.39 is 6.10 Å². The monoisotopic (exact) mass is 311 g/mol. The second-order valence-electron chi connectivity index (χ2n) is 9.15. The van der Waals surface area contributed by atoms with Gasteiger partial charge in [0.15, 0.2) is 0 Å². The lowest BCUT2D eigenvalue weighted by atomic mass is 9.48. The average molecular weight is 311 g/mol. The summed E-state index contributed by atoms with van der Waals surface area (Å²) in [6.45, 7) is 8.75. The van der Waals surface area contributed by atoms with Crippen molar-refractivity contribution in [1.29, 1.82) is 0 Å². The van der Waals surface area contributed by atoms with Gasteiger partial charge in [-0.15, -0.1) is 6.58 Å². The van der Waals surface area contributed by atoms with Crippen molar-refractivity contribution < 1.29 is 5.11 Å². The van der Waals surface area contributed by atoms with E-state index in [2.05, 4.69) is 32.6 Å². The van der Waals surface area contributed by atoms with Crippen LogP contribution in [0.2, 0.25) is 0 Å². The SMILES string of the molecule is C=C[C@@H]([O])C1=CC2=CCC3C4CCC[C@@]4(C)CCC3[C@@]2(C)CC1. The Morgan fingerprint density at radius 2 is 2.04 bits per heavy atom. The molecular formula is C22H31O. The normalized spacial score (nSPS) is 46.8. The number of allylic oxidation sites excluding steroid dienone is 3. The molecule has 0 aromatic rings. The summed E-state index contributed by atoms with van der Waals surface area (Å²) in [5.74, 6) is 2.68. The van der Waals surface area contributed by atoms with Crippen molar-refractivity contribution in [3.8, 4) is 0 Å². The summed E-state index contributed by atoms with van der Waals surface area (Å²) < 4.78 is 0. The van der Waals surface area contributed by atoms with E-state index in [1.54, 1.807) is 6.08 Å². The molecule has 1 nitrogen and oxygen atoms in total. The molecule has 0 aromatic carbocycles. The van der Waals surface area contributed by atoms with Gasteiger partial charge in [0.25, 0.3) is 0 Å². The summed E-state index contributed by atoms with van der Waals surface area (Å²) in [7, 11) is 0. The Morgan fingerprint density at radius 1 is 1.22 bits per heavy atom. The fourth-order valence-electron chi connectivity index (χ4n) is 6.72. The second-order valence-corrected chi connectivity index (χ2v) is 9.15. The Balaban J connectivity index is 1.67. The molecule has 23 heavy (non-hydrogen) atoms. The summed E-state index contributed by atoms with van der Waals surface area (Å²) >= 11 is 0. The highest BCUT2D eigenvalue weighted by Gasteiger charge is 2.55. The molecule has 0 bridgehead atoms. The average Bonchev–Trinajstić information content (AvgIpc) is 2.95. The molecule has 0 heterocycles. The number of rotatable bonds is 2. The van der Waals surface area contributed by atoms with Crippen LogP contribution in [-0.2, 0) is 5.11 Å². The molecular weight excluding hydrogens is 280 g/mol. The van der Waals surface area contributed by atoms with Gasteiger partial charge < -0.3 is 0 Å². The van der Waals surface area contributed by atoms with Crippen LogP contribution in [0.4, 0.5) is 0 Å². The molecule has 4 rings (SSSR count). The highest BCUT2D eigenvalue weighted by molar-refractivity contribution is 5.39. The summed E-state index contributed by atoms with van der Waals surface area (Å²) in [6, 6.07) is 0. The topological polar surface area (TPSA) is 19.9 Å². The van der Waals surface area contributed by atoms with Gasteiger partial charge in [-0.1, -0.05) is 38.5 Å². The standard InChI is InChI=1S/C22H31O/c1-4-20(23)15-9-13-22(3)16(14-15)7-8-17-18-6-5-11-21(18,2)12-10-19(17)22/h4,7,14,17-20H,1,5-6,8-13H2,2-3H3/t17?,18?,19?,20-,21+,22+/m1/s1. The second kappa shape index (κ2) is 5.34.